The predicted octanol–water partition coefficient (Wildman–Crippen LogP) is 15.7. The number of nitrogens with zero attached hydrogens (tertiary/aromatic N) is 3. The second-order valence-corrected chi connectivity index (χ2v) is 17.2. The third-order valence-corrected chi connectivity index (χ3v) is 13.0. The number of benzene rings is 9. The molecule has 12 rings (SSSR count). The fraction of sp³-hybridized carbons (Fsp3) is 0.0500. The molecule has 0 bridgehead atoms. The molecule has 0 atom stereocenters. The molecule has 1 aliphatic rings. The molecule has 0 spiro atoms. The van der Waals surface area contributed by atoms with Crippen LogP contribution in [0.2, 0.25) is 0 Å². The standard InChI is InChI=1S/C60H41N3O/c1-60(2)52-21-10-9-19-48(52)49-33-31-47(37-53(49)60)45-18-11-17-44(35-45)40-23-25-41(26-24-40)46-32-34-54-51(36-46)56-50(20-12-22-55(56)64-54)59-62-57(42-15-7-4-8-16-42)61-58(63-59)43-29-27-39(28-30-43)38-13-5-3-6-14-38/h3-37H,1-2H3. The summed E-state index contributed by atoms with van der Waals surface area (Å²) >= 11 is 0. The van der Waals surface area contributed by atoms with Gasteiger partial charge < -0.3 is 4.42 Å². The first-order chi connectivity index (χ1) is 31.4. The van der Waals surface area contributed by atoms with Crippen LogP contribution in [0, 0.1) is 0 Å². The summed E-state index contributed by atoms with van der Waals surface area (Å²) in [6, 6.07) is 75.1. The maximum absolute atomic E-state index is 6.50. The maximum atomic E-state index is 6.50. The minimum Gasteiger partial charge on any atom is -0.456 e. The minimum absolute atomic E-state index is 0.0402. The Morgan fingerprint density at radius 1 is 0.312 bits per heavy atom. The van der Waals surface area contributed by atoms with Gasteiger partial charge in [0, 0.05) is 32.9 Å². The van der Waals surface area contributed by atoms with Crippen molar-refractivity contribution in [1.29, 1.82) is 0 Å². The summed E-state index contributed by atoms with van der Waals surface area (Å²) < 4.78 is 6.50. The number of rotatable bonds is 7. The summed E-state index contributed by atoms with van der Waals surface area (Å²) in [5, 5.41) is 1.98. The average Bonchev–Trinajstić information content (AvgIpc) is 3.85. The van der Waals surface area contributed by atoms with Crippen LogP contribution < -0.4 is 0 Å². The monoisotopic (exact) mass is 819 g/mol. The zero-order valence-corrected chi connectivity index (χ0v) is 35.5. The van der Waals surface area contributed by atoms with Crippen molar-refractivity contribution < 1.29 is 4.42 Å². The van der Waals surface area contributed by atoms with Gasteiger partial charge in [-0.3, -0.25) is 0 Å². The van der Waals surface area contributed by atoms with Crippen molar-refractivity contribution in [2.24, 2.45) is 0 Å². The van der Waals surface area contributed by atoms with Crippen LogP contribution in [-0.2, 0) is 5.41 Å². The lowest BCUT2D eigenvalue weighted by Gasteiger charge is -2.22. The highest BCUT2D eigenvalue weighted by atomic mass is 16.3. The van der Waals surface area contributed by atoms with Crippen molar-refractivity contribution >= 4 is 21.9 Å². The molecule has 64 heavy (non-hydrogen) atoms. The van der Waals surface area contributed by atoms with Gasteiger partial charge in [0.1, 0.15) is 11.2 Å². The van der Waals surface area contributed by atoms with E-state index < -0.39 is 0 Å². The molecule has 0 amide bonds. The molecule has 0 saturated carbocycles. The Bertz CT molecular complexity index is 3550. The SMILES string of the molecule is CC1(C)c2ccccc2-c2ccc(-c3cccc(-c4ccc(-c5ccc6oc7cccc(-c8nc(-c9ccccc9)nc(-c9ccc(-c%10ccccc%10)cc9)n8)c7c6c5)cc4)c3)cc21. The van der Waals surface area contributed by atoms with Crippen LogP contribution in [0.5, 0.6) is 0 Å². The second-order valence-electron chi connectivity index (χ2n) is 17.2. The van der Waals surface area contributed by atoms with Crippen LogP contribution in [0.15, 0.2) is 217 Å². The molecule has 2 aromatic heterocycles. The van der Waals surface area contributed by atoms with E-state index in [2.05, 4.69) is 178 Å². The van der Waals surface area contributed by atoms with Crippen molar-refractivity contribution in [2.75, 3.05) is 0 Å². The van der Waals surface area contributed by atoms with Crippen molar-refractivity contribution in [3.8, 4) is 89.8 Å². The van der Waals surface area contributed by atoms with E-state index in [1.165, 1.54) is 44.5 Å². The second kappa shape index (κ2) is 15.0. The van der Waals surface area contributed by atoms with E-state index in [4.69, 9.17) is 19.4 Å². The first kappa shape index (κ1) is 37.5. The first-order valence-electron chi connectivity index (χ1n) is 21.8. The highest BCUT2D eigenvalue weighted by Crippen LogP contribution is 2.49. The van der Waals surface area contributed by atoms with E-state index in [0.29, 0.717) is 17.5 Å². The Morgan fingerprint density at radius 3 is 1.48 bits per heavy atom. The molecule has 2 heterocycles. The lowest BCUT2D eigenvalue weighted by molar-refractivity contribution is 0.660. The van der Waals surface area contributed by atoms with Crippen LogP contribution in [0.4, 0.5) is 0 Å². The Hall–Kier alpha value is -8.21. The topological polar surface area (TPSA) is 51.8 Å². The molecule has 0 saturated heterocycles. The molecule has 302 valence electrons. The normalized spacial score (nSPS) is 12.7. The summed E-state index contributed by atoms with van der Waals surface area (Å²) in [4.78, 5) is 15.3. The number of furan rings is 1. The Balaban J connectivity index is 0.890. The van der Waals surface area contributed by atoms with E-state index in [-0.39, 0.29) is 5.41 Å². The molecule has 0 aliphatic heterocycles. The van der Waals surface area contributed by atoms with Crippen LogP contribution in [0.3, 0.4) is 0 Å². The number of aromatic nitrogens is 3. The van der Waals surface area contributed by atoms with E-state index >= 15 is 0 Å². The van der Waals surface area contributed by atoms with Crippen LogP contribution in [-0.4, -0.2) is 15.0 Å². The van der Waals surface area contributed by atoms with E-state index in [0.717, 1.165) is 60.9 Å². The van der Waals surface area contributed by atoms with E-state index in [1.54, 1.807) is 0 Å². The smallest absolute Gasteiger partial charge is 0.164 e. The Morgan fingerprint density at radius 2 is 0.766 bits per heavy atom. The van der Waals surface area contributed by atoms with Crippen LogP contribution in [0.25, 0.3) is 112 Å². The maximum Gasteiger partial charge on any atom is 0.164 e. The number of hydrogen-bond acceptors (Lipinski definition) is 4. The first-order valence-corrected chi connectivity index (χ1v) is 21.8. The van der Waals surface area contributed by atoms with Gasteiger partial charge in [0.15, 0.2) is 17.5 Å². The van der Waals surface area contributed by atoms with Crippen LogP contribution in [0.1, 0.15) is 25.0 Å². The molecule has 4 heteroatoms. The van der Waals surface area contributed by atoms with Crippen molar-refractivity contribution in [3.63, 3.8) is 0 Å². The van der Waals surface area contributed by atoms with Gasteiger partial charge in [0.2, 0.25) is 0 Å². The van der Waals surface area contributed by atoms with Gasteiger partial charge >= 0.3 is 0 Å². The minimum atomic E-state index is -0.0402. The third-order valence-electron chi connectivity index (χ3n) is 13.0. The molecule has 9 aromatic carbocycles. The lowest BCUT2D eigenvalue weighted by atomic mass is 9.81. The molecule has 1 aliphatic carbocycles. The molecular weight excluding hydrogens is 779 g/mol. The molecule has 11 aromatic rings. The fourth-order valence-corrected chi connectivity index (χ4v) is 9.59. The Kier molecular flexibility index (Phi) is 8.80. The average molecular weight is 820 g/mol. The summed E-state index contributed by atoms with van der Waals surface area (Å²) in [7, 11) is 0. The van der Waals surface area contributed by atoms with Gasteiger partial charge in [-0.1, -0.05) is 196 Å². The summed E-state index contributed by atoms with van der Waals surface area (Å²) in [5.41, 5.74) is 19.1. The van der Waals surface area contributed by atoms with Gasteiger partial charge in [-0.05, 0) is 97.1 Å². The van der Waals surface area contributed by atoms with Gasteiger partial charge in [-0.25, -0.2) is 15.0 Å². The zero-order valence-electron chi connectivity index (χ0n) is 35.5. The van der Waals surface area contributed by atoms with Crippen molar-refractivity contribution in [2.45, 2.75) is 19.3 Å². The van der Waals surface area contributed by atoms with Crippen molar-refractivity contribution in [1.82, 2.24) is 15.0 Å². The lowest BCUT2D eigenvalue weighted by Crippen LogP contribution is -2.14. The summed E-state index contributed by atoms with van der Waals surface area (Å²) in [6.45, 7) is 4.68. The van der Waals surface area contributed by atoms with Gasteiger partial charge in [0.25, 0.3) is 0 Å². The molecule has 0 N–H and O–H groups in total. The highest BCUT2D eigenvalue weighted by molar-refractivity contribution is 6.12. The summed E-state index contributed by atoms with van der Waals surface area (Å²) in [6.07, 6.45) is 0. The van der Waals surface area contributed by atoms with E-state index in [1.807, 2.05) is 48.5 Å². The van der Waals surface area contributed by atoms with Gasteiger partial charge in [0.05, 0.1) is 0 Å². The molecule has 0 unspecified atom stereocenters. The summed E-state index contributed by atoms with van der Waals surface area (Å²) in [5.74, 6) is 1.82. The number of hydrogen-bond donors (Lipinski definition) is 0. The third kappa shape index (κ3) is 6.42. The zero-order chi connectivity index (χ0) is 42.8. The van der Waals surface area contributed by atoms with Gasteiger partial charge in [-0.15, -0.1) is 0 Å². The van der Waals surface area contributed by atoms with Crippen molar-refractivity contribution in [3.05, 3.63) is 223 Å². The molecule has 4 nitrogen and oxygen atoms in total. The molecule has 0 radical (unpaired) electrons. The fourth-order valence-electron chi connectivity index (χ4n) is 9.59. The predicted molar refractivity (Wildman–Crippen MR) is 263 cm³/mol. The van der Waals surface area contributed by atoms with Gasteiger partial charge in [-0.2, -0.15) is 0 Å². The molecular formula is C60H41N3O. The molecule has 0 fully saturated rings. The number of fused-ring (bicyclic) bond motifs is 6. The highest BCUT2D eigenvalue weighted by Gasteiger charge is 2.35. The largest absolute Gasteiger partial charge is 0.456 e. The Labute approximate surface area is 372 Å². The van der Waals surface area contributed by atoms with E-state index in [9.17, 15) is 0 Å². The quantitative estimate of drug-likeness (QED) is 0.161. The van der Waals surface area contributed by atoms with Crippen LogP contribution >= 0.6 is 0 Å².